The predicted octanol–water partition coefficient (Wildman–Crippen LogP) is -1.45. The molecule has 2 fully saturated rings. The van der Waals surface area contributed by atoms with Gasteiger partial charge in [-0.15, -0.1) is 0 Å². The van der Waals surface area contributed by atoms with E-state index in [4.69, 9.17) is 29.2 Å². The predicted molar refractivity (Wildman–Crippen MR) is 43.9 cm³/mol. The summed E-state index contributed by atoms with van der Waals surface area (Å²) in [6.45, 7) is -0.443. The molecule has 4 atom stereocenters. The molecule has 7 heteroatoms. The van der Waals surface area contributed by atoms with E-state index >= 15 is 0 Å². The second-order valence-corrected chi connectivity index (χ2v) is 3.31. The van der Waals surface area contributed by atoms with E-state index in [0.29, 0.717) is 0 Å². The number of carbonyl (C=O) groups is 1. The lowest BCUT2D eigenvalue weighted by Crippen LogP contribution is -2.59. The van der Waals surface area contributed by atoms with E-state index in [-0.39, 0.29) is 20.2 Å². The van der Waals surface area contributed by atoms with Gasteiger partial charge in [0.1, 0.15) is 31.9 Å². The molecule has 0 aliphatic carbocycles. The van der Waals surface area contributed by atoms with Crippen LogP contribution in [-0.4, -0.2) is 60.8 Å². The Labute approximate surface area is 85.5 Å². The summed E-state index contributed by atoms with van der Waals surface area (Å²) in [5.74, 6) is -1.10. The summed E-state index contributed by atoms with van der Waals surface area (Å²) in [5.41, 5.74) is 0. The van der Waals surface area contributed by atoms with E-state index in [9.17, 15) is 4.79 Å². The van der Waals surface area contributed by atoms with Gasteiger partial charge in [-0.25, -0.2) is 4.79 Å². The first kappa shape index (κ1) is 10.8. The molecule has 0 aromatic carbocycles. The number of carboxylic acids is 1. The lowest BCUT2D eigenvalue weighted by molar-refractivity contribution is -0.322. The van der Waals surface area contributed by atoms with Crippen LogP contribution >= 0.6 is 0 Å². The van der Waals surface area contributed by atoms with Gasteiger partial charge >= 0.3 is 5.97 Å². The molecule has 2 N–H and O–H groups in total. The molecule has 0 amide bonds. The van der Waals surface area contributed by atoms with Gasteiger partial charge in [-0.3, -0.25) is 0 Å². The second-order valence-electron chi connectivity index (χ2n) is 3.31. The Morgan fingerprint density at radius 1 is 1.13 bits per heavy atom. The van der Waals surface area contributed by atoms with Gasteiger partial charge in [0.15, 0.2) is 6.10 Å². The first-order valence-electron chi connectivity index (χ1n) is 4.54. The summed E-state index contributed by atoms with van der Waals surface area (Å²) >= 11 is 0. The van der Waals surface area contributed by atoms with Gasteiger partial charge < -0.3 is 29.2 Å². The zero-order chi connectivity index (χ0) is 10.8. The monoisotopic (exact) mass is 220 g/mol. The molecule has 2 saturated heterocycles. The van der Waals surface area contributed by atoms with Crippen molar-refractivity contribution in [3.05, 3.63) is 0 Å². The van der Waals surface area contributed by atoms with Crippen LogP contribution in [0.5, 0.6) is 0 Å². The van der Waals surface area contributed by atoms with Crippen LogP contribution < -0.4 is 0 Å². The van der Waals surface area contributed by atoms with Crippen LogP contribution in [0.2, 0.25) is 0 Å². The molecule has 0 aromatic heterocycles. The number of fused-ring (bicyclic) bond motifs is 1. The average Bonchev–Trinajstić information content (AvgIpc) is 2.27. The Bertz CT molecular complexity index is 243. The highest BCUT2D eigenvalue weighted by Gasteiger charge is 2.46. The number of hydrogen-bond donors (Lipinski definition) is 2. The normalized spacial score (nSPS) is 40.9. The third kappa shape index (κ3) is 1.97. The van der Waals surface area contributed by atoms with Crippen molar-refractivity contribution in [3.8, 4) is 0 Å². The minimum absolute atomic E-state index is 0.0666. The van der Waals surface area contributed by atoms with Gasteiger partial charge in [-0.05, 0) is 0 Å². The number of aliphatic hydroxyl groups is 1. The number of hydrogen-bond acceptors (Lipinski definition) is 6. The van der Waals surface area contributed by atoms with E-state index < -0.39 is 30.4 Å². The van der Waals surface area contributed by atoms with Crippen LogP contribution in [0.25, 0.3) is 0 Å². The molecule has 0 saturated carbocycles. The summed E-state index contributed by atoms with van der Waals surface area (Å²) in [7, 11) is 0. The summed E-state index contributed by atoms with van der Waals surface area (Å²) in [4.78, 5) is 10.8. The van der Waals surface area contributed by atoms with Gasteiger partial charge in [0.25, 0.3) is 0 Å². The Morgan fingerprint density at radius 2 is 1.80 bits per heavy atom. The standard InChI is InChI=1S/C8H12O7/c9-1-4-5-6(14-2-12-4)7(8(10)11)15-3-13-5/h4-7,9H,1-3H2,(H,10,11)/t4-,5+,6-,7-/m1/s1. The first-order valence-corrected chi connectivity index (χ1v) is 4.54. The van der Waals surface area contributed by atoms with Crippen molar-refractivity contribution in [3.63, 3.8) is 0 Å². The van der Waals surface area contributed by atoms with E-state index in [2.05, 4.69) is 0 Å². The summed E-state index contributed by atoms with van der Waals surface area (Å²) in [6, 6.07) is 0. The molecule has 7 nitrogen and oxygen atoms in total. The van der Waals surface area contributed by atoms with Crippen molar-refractivity contribution in [2.24, 2.45) is 0 Å². The highest BCUT2D eigenvalue weighted by molar-refractivity contribution is 5.73. The maximum atomic E-state index is 10.8. The third-order valence-corrected chi connectivity index (χ3v) is 2.46. The Balaban J connectivity index is 2.11. The fraction of sp³-hybridized carbons (Fsp3) is 0.875. The zero-order valence-electron chi connectivity index (χ0n) is 7.87. The van der Waals surface area contributed by atoms with Gasteiger partial charge in [-0.1, -0.05) is 0 Å². The van der Waals surface area contributed by atoms with Gasteiger partial charge in [0, 0.05) is 0 Å². The highest BCUT2D eigenvalue weighted by atomic mass is 16.8. The quantitative estimate of drug-likeness (QED) is 0.587. The number of carboxylic acid groups (broad SMARTS) is 1. The van der Waals surface area contributed by atoms with Crippen molar-refractivity contribution >= 4 is 5.97 Å². The number of ether oxygens (including phenoxy) is 4. The third-order valence-electron chi connectivity index (χ3n) is 2.46. The average molecular weight is 220 g/mol. The minimum Gasteiger partial charge on any atom is -0.479 e. The van der Waals surface area contributed by atoms with Crippen molar-refractivity contribution in [1.82, 2.24) is 0 Å². The SMILES string of the molecule is O=C(O)[C@@H]1OCO[C@@H]2[C@H]1OCO[C@@H]2CO. The smallest absolute Gasteiger partial charge is 0.335 e. The van der Waals surface area contributed by atoms with Crippen molar-refractivity contribution in [1.29, 1.82) is 0 Å². The molecule has 2 rings (SSSR count). The van der Waals surface area contributed by atoms with Crippen LogP contribution in [-0.2, 0) is 23.7 Å². The molecule has 2 aliphatic rings. The second kappa shape index (κ2) is 4.42. The Hall–Kier alpha value is -0.730. The maximum Gasteiger partial charge on any atom is 0.335 e. The number of rotatable bonds is 2. The lowest BCUT2D eigenvalue weighted by atomic mass is 10.0. The van der Waals surface area contributed by atoms with E-state index in [1.807, 2.05) is 0 Å². The molecule has 0 bridgehead atoms. The molecule has 0 unspecified atom stereocenters. The molecule has 0 radical (unpaired) electrons. The minimum atomic E-state index is -1.10. The van der Waals surface area contributed by atoms with Gasteiger partial charge in [-0.2, -0.15) is 0 Å². The fourth-order valence-corrected chi connectivity index (χ4v) is 1.72. The summed E-state index contributed by atoms with van der Waals surface area (Å²) in [5, 5.41) is 17.9. The zero-order valence-corrected chi connectivity index (χ0v) is 7.87. The van der Waals surface area contributed by atoms with E-state index in [1.54, 1.807) is 0 Å². The van der Waals surface area contributed by atoms with Crippen LogP contribution in [0, 0.1) is 0 Å². The van der Waals surface area contributed by atoms with Crippen LogP contribution in [0.15, 0.2) is 0 Å². The van der Waals surface area contributed by atoms with Crippen molar-refractivity contribution in [2.45, 2.75) is 24.4 Å². The highest BCUT2D eigenvalue weighted by Crippen LogP contribution is 2.25. The van der Waals surface area contributed by atoms with Crippen LogP contribution in [0.3, 0.4) is 0 Å². The molecular formula is C8H12O7. The largest absolute Gasteiger partial charge is 0.479 e. The molecule has 2 heterocycles. The van der Waals surface area contributed by atoms with Crippen LogP contribution in [0.1, 0.15) is 0 Å². The van der Waals surface area contributed by atoms with Gasteiger partial charge in [0.05, 0.1) is 6.61 Å². The molecule has 86 valence electrons. The lowest BCUT2D eigenvalue weighted by Gasteiger charge is -2.42. The maximum absolute atomic E-state index is 10.8. The Morgan fingerprint density at radius 3 is 2.47 bits per heavy atom. The van der Waals surface area contributed by atoms with Crippen molar-refractivity contribution < 1.29 is 34.0 Å². The molecule has 0 aromatic rings. The van der Waals surface area contributed by atoms with E-state index in [0.717, 1.165) is 0 Å². The number of aliphatic carboxylic acids is 1. The summed E-state index contributed by atoms with van der Waals surface area (Å²) < 4.78 is 20.3. The molecule has 0 spiro atoms. The van der Waals surface area contributed by atoms with Gasteiger partial charge in [0.2, 0.25) is 0 Å². The fourth-order valence-electron chi connectivity index (χ4n) is 1.72. The first-order chi connectivity index (χ1) is 7.24. The van der Waals surface area contributed by atoms with Crippen LogP contribution in [0.4, 0.5) is 0 Å². The summed E-state index contributed by atoms with van der Waals surface area (Å²) in [6.07, 6.45) is -2.96. The van der Waals surface area contributed by atoms with E-state index in [1.165, 1.54) is 0 Å². The molecular weight excluding hydrogens is 208 g/mol. The van der Waals surface area contributed by atoms with Crippen molar-refractivity contribution in [2.75, 3.05) is 20.2 Å². The number of aliphatic hydroxyl groups excluding tert-OH is 1. The Kier molecular flexibility index (Phi) is 3.17. The topological polar surface area (TPSA) is 94.5 Å². The molecule has 15 heavy (non-hydrogen) atoms. The molecule has 2 aliphatic heterocycles.